The number of nitrogens with one attached hydrogen (secondary N) is 2. The number of rotatable bonds is 4. The first-order valence-corrected chi connectivity index (χ1v) is 6.51. The van der Waals surface area contributed by atoms with Crippen LogP contribution in [0.15, 0.2) is 12.1 Å². The molecule has 1 aromatic carbocycles. The minimum absolute atomic E-state index is 0.326. The number of hydrogen-bond donors (Lipinski definition) is 3. The van der Waals surface area contributed by atoms with Crippen LogP contribution in [0.2, 0.25) is 0 Å². The Kier molecular flexibility index (Phi) is 5.07. The molecule has 1 rings (SSSR count). The van der Waals surface area contributed by atoms with Gasteiger partial charge in [0.2, 0.25) is 0 Å². The Labute approximate surface area is 119 Å². The van der Waals surface area contributed by atoms with Crippen LogP contribution in [0.25, 0.3) is 0 Å². The minimum Gasteiger partial charge on any atom is -0.490 e. The molecule has 1 aromatic rings. The lowest BCUT2D eigenvalue weighted by molar-refractivity contribution is 0.188. The van der Waals surface area contributed by atoms with Crippen molar-refractivity contribution in [2.75, 3.05) is 24.7 Å². The van der Waals surface area contributed by atoms with Gasteiger partial charge in [-0.1, -0.05) is 0 Å². The summed E-state index contributed by atoms with van der Waals surface area (Å²) in [5.41, 5.74) is 6.69. The normalized spacial score (nSPS) is 10.8. The van der Waals surface area contributed by atoms with Gasteiger partial charge in [0.15, 0.2) is 11.5 Å². The summed E-state index contributed by atoms with van der Waals surface area (Å²) < 4.78 is 10.7. The van der Waals surface area contributed by atoms with Gasteiger partial charge in [-0.3, -0.25) is 0 Å². The fourth-order valence-electron chi connectivity index (χ4n) is 1.57. The quantitative estimate of drug-likeness (QED) is 0.739. The molecule has 0 unspecified atom stereocenters. The predicted octanol–water partition coefficient (Wildman–Crippen LogP) is 2.60. The highest BCUT2D eigenvalue weighted by atomic mass is 16.6. The predicted molar refractivity (Wildman–Crippen MR) is 80.5 cm³/mol. The largest absolute Gasteiger partial charge is 0.490 e. The van der Waals surface area contributed by atoms with Crippen molar-refractivity contribution in [1.29, 1.82) is 0 Å². The highest BCUT2D eigenvalue weighted by molar-refractivity contribution is 5.76. The summed E-state index contributed by atoms with van der Waals surface area (Å²) >= 11 is 0. The molecule has 0 saturated carbocycles. The van der Waals surface area contributed by atoms with Crippen LogP contribution in [0.4, 0.5) is 16.2 Å². The van der Waals surface area contributed by atoms with Gasteiger partial charge in [-0.15, -0.1) is 0 Å². The zero-order chi connectivity index (χ0) is 15.3. The van der Waals surface area contributed by atoms with E-state index < -0.39 is 6.09 Å². The van der Waals surface area contributed by atoms with Gasteiger partial charge in [-0.2, -0.15) is 0 Å². The number of carbonyl (C=O) groups is 1. The Bertz CT molecular complexity index is 481. The first-order valence-electron chi connectivity index (χ1n) is 6.51. The molecule has 0 spiro atoms. The number of nitrogen functional groups attached to an aromatic ring is 1. The molecule has 0 fully saturated rings. The van der Waals surface area contributed by atoms with E-state index >= 15 is 0 Å². The fraction of sp³-hybridized carbons (Fsp3) is 0.500. The smallest absolute Gasteiger partial charge is 0.413 e. The maximum atomic E-state index is 11.8. The summed E-state index contributed by atoms with van der Waals surface area (Å²) in [5.74, 6) is 0.764. The third kappa shape index (κ3) is 4.53. The molecule has 0 atom stereocenters. The summed E-state index contributed by atoms with van der Waals surface area (Å²) in [6.07, 6.45) is -0.537. The highest BCUT2D eigenvalue weighted by Crippen LogP contribution is 2.35. The Morgan fingerprint density at radius 3 is 2.45 bits per heavy atom. The number of ether oxygens (including phenoxy) is 2. The molecule has 6 heteroatoms. The molecule has 0 saturated heterocycles. The average Bonchev–Trinajstić information content (AvgIpc) is 2.30. The van der Waals surface area contributed by atoms with Crippen LogP contribution in [0.1, 0.15) is 27.7 Å². The molecule has 1 amide bonds. The number of amides is 1. The summed E-state index contributed by atoms with van der Waals surface area (Å²) in [5, 5.41) is 5.65. The van der Waals surface area contributed by atoms with Crippen molar-refractivity contribution < 1.29 is 14.3 Å². The molecular formula is C14H23N3O3. The van der Waals surface area contributed by atoms with Crippen molar-refractivity contribution in [1.82, 2.24) is 5.32 Å². The van der Waals surface area contributed by atoms with E-state index in [2.05, 4.69) is 10.6 Å². The van der Waals surface area contributed by atoms with Crippen LogP contribution in [-0.4, -0.2) is 25.3 Å². The molecule has 0 bridgehead atoms. The van der Waals surface area contributed by atoms with Crippen molar-refractivity contribution in [3.8, 4) is 11.5 Å². The fourth-order valence-corrected chi connectivity index (χ4v) is 1.57. The second-order valence-electron chi connectivity index (χ2n) is 5.33. The van der Waals surface area contributed by atoms with Crippen molar-refractivity contribution in [3.05, 3.63) is 12.1 Å². The summed E-state index contributed by atoms with van der Waals surface area (Å²) in [4.78, 5) is 11.8. The molecule has 4 N–H and O–H groups in total. The van der Waals surface area contributed by atoms with Gasteiger partial charge in [-0.25, -0.2) is 4.79 Å². The average molecular weight is 281 g/mol. The van der Waals surface area contributed by atoms with E-state index in [-0.39, 0.29) is 5.54 Å². The zero-order valence-electron chi connectivity index (χ0n) is 12.7. The lowest BCUT2D eigenvalue weighted by atomic mass is 10.1. The molecule has 0 radical (unpaired) electrons. The van der Waals surface area contributed by atoms with Gasteiger partial charge >= 0.3 is 6.09 Å². The molecule has 0 aromatic heterocycles. The van der Waals surface area contributed by atoms with Crippen LogP contribution in [-0.2, 0) is 0 Å². The molecule has 0 aliphatic rings. The SMILES string of the molecule is CCOc1cc(N)c(NC)cc1OC(=O)NC(C)(C)C. The number of carbonyl (C=O) groups excluding carboxylic acids is 1. The van der Waals surface area contributed by atoms with Crippen LogP contribution >= 0.6 is 0 Å². The molecule has 20 heavy (non-hydrogen) atoms. The van der Waals surface area contributed by atoms with Crippen LogP contribution in [0.3, 0.4) is 0 Å². The number of hydrogen-bond acceptors (Lipinski definition) is 5. The van der Waals surface area contributed by atoms with Gasteiger partial charge in [0, 0.05) is 24.7 Å². The Morgan fingerprint density at radius 1 is 1.30 bits per heavy atom. The molecule has 112 valence electrons. The van der Waals surface area contributed by atoms with E-state index in [4.69, 9.17) is 15.2 Å². The first-order chi connectivity index (χ1) is 9.26. The molecule has 0 aliphatic carbocycles. The van der Waals surface area contributed by atoms with Gasteiger partial charge in [0.25, 0.3) is 0 Å². The van der Waals surface area contributed by atoms with E-state index in [1.807, 2.05) is 27.7 Å². The van der Waals surface area contributed by atoms with Gasteiger partial charge < -0.3 is 25.8 Å². The Balaban J connectivity index is 2.99. The second kappa shape index (κ2) is 6.36. The van der Waals surface area contributed by atoms with E-state index in [1.54, 1.807) is 19.2 Å². The third-order valence-electron chi connectivity index (χ3n) is 2.36. The number of benzene rings is 1. The standard InChI is InChI=1S/C14H23N3O3/c1-6-19-11-7-9(15)10(16-5)8-12(11)20-13(18)17-14(2,3)4/h7-8,16H,6,15H2,1-5H3,(H,17,18). The summed E-state index contributed by atoms with van der Waals surface area (Å²) in [6, 6.07) is 3.28. The number of anilines is 2. The highest BCUT2D eigenvalue weighted by Gasteiger charge is 2.18. The van der Waals surface area contributed by atoms with E-state index in [0.29, 0.717) is 29.5 Å². The van der Waals surface area contributed by atoms with Gasteiger partial charge in [0.1, 0.15) is 0 Å². The lowest BCUT2D eigenvalue weighted by Crippen LogP contribution is -2.42. The van der Waals surface area contributed by atoms with Crippen LogP contribution in [0.5, 0.6) is 11.5 Å². The number of nitrogens with two attached hydrogens (primary N) is 1. The van der Waals surface area contributed by atoms with Gasteiger partial charge in [0.05, 0.1) is 18.0 Å². The maximum absolute atomic E-state index is 11.8. The lowest BCUT2D eigenvalue weighted by Gasteiger charge is -2.21. The van der Waals surface area contributed by atoms with E-state index in [0.717, 1.165) is 0 Å². The zero-order valence-corrected chi connectivity index (χ0v) is 12.7. The van der Waals surface area contributed by atoms with Gasteiger partial charge in [-0.05, 0) is 27.7 Å². The monoisotopic (exact) mass is 281 g/mol. The van der Waals surface area contributed by atoms with Crippen molar-refractivity contribution in [2.24, 2.45) is 0 Å². The third-order valence-corrected chi connectivity index (χ3v) is 2.36. The molecule has 0 heterocycles. The minimum atomic E-state index is -0.537. The van der Waals surface area contributed by atoms with Crippen LogP contribution < -0.4 is 25.8 Å². The summed E-state index contributed by atoms with van der Waals surface area (Å²) in [6.45, 7) is 7.93. The van der Waals surface area contributed by atoms with Crippen molar-refractivity contribution in [2.45, 2.75) is 33.2 Å². The molecular weight excluding hydrogens is 258 g/mol. The van der Waals surface area contributed by atoms with E-state index in [9.17, 15) is 4.79 Å². The topological polar surface area (TPSA) is 85.6 Å². The summed E-state index contributed by atoms with van der Waals surface area (Å²) in [7, 11) is 1.74. The van der Waals surface area contributed by atoms with Crippen LogP contribution in [0, 0.1) is 0 Å². The second-order valence-corrected chi connectivity index (χ2v) is 5.33. The van der Waals surface area contributed by atoms with E-state index in [1.165, 1.54) is 0 Å². The molecule has 6 nitrogen and oxygen atoms in total. The first kappa shape index (κ1) is 15.9. The molecule has 0 aliphatic heterocycles. The van der Waals surface area contributed by atoms with Crippen molar-refractivity contribution >= 4 is 17.5 Å². The Hall–Kier alpha value is -2.11. The maximum Gasteiger partial charge on any atom is 0.413 e. The van der Waals surface area contributed by atoms with Crippen molar-refractivity contribution in [3.63, 3.8) is 0 Å². The Morgan fingerprint density at radius 2 is 1.95 bits per heavy atom.